The fourth-order valence-corrected chi connectivity index (χ4v) is 3.91. The van der Waals surface area contributed by atoms with Crippen molar-refractivity contribution in [3.05, 3.63) is 59.8 Å². The predicted molar refractivity (Wildman–Crippen MR) is 111 cm³/mol. The van der Waals surface area contributed by atoms with Crippen LogP contribution in [0.1, 0.15) is 34.8 Å². The van der Waals surface area contributed by atoms with Crippen LogP contribution < -0.4 is 19.5 Å². The van der Waals surface area contributed by atoms with Gasteiger partial charge in [0, 0.05) is 37.2 Å². The summed E-state index contributed by atoms with van der Waals surface area (Å²) in [5.41, 5.74) is 2.96. The van der Waals surface area contributed by atoms with Gasteiger partial charge in [-0.25, -0.2) is 0 Å². The maximum atomic E-state index is 13.2. The molecule has 0 unspecified atom stereocenters. The Balaban J connectivity index is 1.44. The van der Waals surface area contributed by atoms with Gasteiger partial charge in [0.25, 0.3) is 5.91 Å². The van der Waals surface area contributed by atoms with Crippen molar-refractivity contribution in [1.29, 1.82) is 0 Å². The van der Waals surface area contributed by atoms with Crippen LogP contribution in [0.15, 0.2) is 48.7 Å². The summed E-state index contributed by atoms with van der Waals surface area (Å²) >= 11 is 0. The molecular formula is C23H23N3O4. The molecule has 0 spiro atoms. The van der Waals surface area contributed by atoms with Crippen molar-refractivity contribution in [2.75, 3.05) is 19.8 Å². The average molecular weight is 405 g/mol. The number of aryl methyl sites for hydroxylation is 1. The van der Waals surface area contributed by atoms with Gasteiger partial charge in [0.2, 0.25) is 0 Å². The third-order valence-corrected chi connectivity index (χ3v) is 5.36. The number of nitrogens with zero attached hydrogens (tertiary/aromatic N) is 2. The second-order valence-corrected chi connectivity index (χ2v) is 7.48. The van der Waals surface area contributed by atoms with Crippen molar-refractivity contribution in [3.63, 3.8) is 0 Å². The number of benzene rings is 2. The highest BCUT2D eigenvalue weighted by Crippen LogP contribution is 2.35. The molecule has 3 heterocycles. The number of amides is 1. The first-order valence-electron chi connectivity index (χ1n) is 10.2. The monoisotopic (exact) mass is 405 g/mol. The van der Waals surface area contributed by atoms with E-state index in [4.69, 9.17) is 14.2 Å². The summed E-state index contributed by atoms with van der Waals surface area (Å²) < 4.78 is 18.9. The Kier molecular flexibility index (Phi) is 4.78. The van der Waals surface area contributed by atoms with E-state index in [1.165, 1.54) is 0 Å². The molecule has 5 rings (SSSR count). The molecule has 0 aliphatic carbocycles. The van der Waals surface area contributed by atoms with Crippen LogP contribution in [-0.4, -0.2) is 35.5 Å². The molecule has 1 atom stereocenters. The topological polar surface area (TPSA) is 74.6 Å². The largest absolute Gasteiger partial charge is 0.493 e. The second kappa shape index (κ2) is 7.74. The van der Waals surface area contributed by atoms with Crippen LogP contribution in [-0.2, 0) is 7.05 Å². The lowest BCUT2D eigenvalue weighted by molar-refractivity contribution is 0.0925. The summed E-state index contributed by atoms with van der Waals surface area (Å²) in [6.07, 6.45) is 3.31. The smallest absolute Gasteiger partial charge is 0.255 e. The molecule has 0 saturated heterocycles. The lowest BCUT2D eigenvalue weighted by Gasteiger charge is -2.26. The van der Waals surface area contributed by atoms with Crippen LogP contribution in [0.5, 0.6) is 17.2 Å². The number of carbonyl (C=O) groups excluding carboxylic acids is 1. The summed E-state index contributed by atoms with van der Waals surface area (Å²) in [5, 5.41) is 7.71. The Bertz CT molecular complexity index is 1090. The fourth-order valence-electron chi connectivity index (χ4n) is 3.91. The van der Waals surface area contributed by atoms with E-state index < -0.39 is 0 Å². The van der Waals surface area contributed by atoms with E-state index in [2.05, 4.69) is 10.4 Å². The average Bonchev–Trinajstić information content (AvgIpc) is 3.01. The van der Waals surface area contributed by atoms with Gasteiger partial charge < -0.3 is 19.5 Å². The zero-order chi connectivity index (χ0) is 20.5. The van der Waals surface area contributed by atoms with Crippen LogP contribution in [0.3, 0.4) is 0 Å². The normalized spacial score (nSPS) is 17.4. The van der Waals surface area contributed by atoms with E-state index in [1.807, 2.05) is 49.5 Å². The van der Waals surface area contributed by atoms with Gasteiger partial charge in [-0.3, -0.25) is 9.48 Å². The van der Waals surface area contributed by atoms with Crippen molar-refractivity contribution < 1.29 is 19.0 Å². The summed E-state index contributed by atoms with van der Waals surface area (Å²) in [6, 6.07) is 13.4. The van der Waals surface area contributed by atoms with Gasteiger partial charge in [0.15, 0.2) is 11.5 Å². The van der Waals surface area contributed by atoms with E-state index in [9.17, 15) is 4.79 Å². The molecule has 0 fully saturated rings. The molecule has 2 aromatic carbocycles. The number of ether oxygens (including phenoxy) is 3. The third kappa shape index (κ3) is 3.47. The molecule has 30 heavy (non-hydrogen) atoms. The lowest BCUT2D eigenvalue weighted by Crippen LogP contribution is -2.32. The van der Waals surface area contributed by atoms with Crippen molar-refractivity contribution in [2.24, 2.45) is 7.05 Å². The van der Waals surface area contributed by atoms with Crippen molar-refractivity contribution in [1.82, 2.24) is 15.1 Å². The number of para-hydroxylation sites is 1. The maximum absolute atomic E-state index is 13.2. The maximum Gasteiger partial charge on any atom is 0.255 e. The van der Waals surface area contributed by atoms with Crippen LogP contribution in [0, 0.1) is 0 Å². The molecule has 154 valence electrons. The molecule has 0 bridgehead atoms. The Morgan fingerprint density at radius 1 is 1.03 bits per heavy atom. The molecular weight excluding hydrogens is 382 g/mol. The molecule has 2 aliphatic rings. The van der Waals surface area contributed by atoms with Gasteiger partial charge in [0.05, 0.1) is 31.4 Å². The standard InChI is InChI=1S/C23H23N3O4/c1-26-14-17(23(27)24-18-9-12-30-19-6-3-2-5-16(18)19)22(25-26)15-7-8-20-21(13-15)29-11-4-10-28-20/h2-3,5-8,13-14,18H,4,9-12H2,1H3,(H,24,27)/t18-/m0/s1. The Labute approximate surface area is 174 Å². The fraction of sp³-hybridized carbons (Fsp3) is 0.304. The van der Waals surface area contributed by atoms with Crippen molar-refractivity contribution in [3.8, 4) is 28.5 Å². The first-order valence-corrected chi connectivity index (χ1v) is 10.2. The van der Waals surface area contributed by atoms with Gasteiger partial charge in [-0.1, -0.05) is 18.2 Å². The van der Waals surface area contributed by atoms with Crippen LogP contribution in [0.2, 0.25) is 0 Å². The van der Waals surface area contributed by atoms with E-state index in [0.717, 1.165) is 35.5 Å². The Morgan fingerprint density at radius 3 is 2.73 bits per heavy atom. The number of carbonyl (C=O) groups is 1. The minimum Gasteiger partial charge on any atom is -0.493 e. The molecule has 1 amide bonds. The van der Waals surface area contributed by atoms with Crippen molar-refractivity contribution >= 4 is 5.91 Å². The summed E-state index contributed by atoms with van der Waals surface area (Å²) in [5.74, 6) is 2.06. The van der Waals surface area contributed by atoms with E-state index >= 15 is 0 Å². The van der Waals surface area contributed by atoms with Gasteiger partial charge in [0.1, 0.15) is 11.4 Å². The van der Waals surface area contributed by atoms with Crippen LogP contribution in [0.4, 0.5) is 0 Å². The minimum atomic E-state index is -0.160. The first-order chi connectivity index (χ1) is 14.7. The van der Waals surface area contributed by atoms with Gasteiger partial charge in [-0.15, -0.1) is 0 Å². The minimum absolute atomic E-state index is 0.0979. The molecule has 3 aromatic rings. The van der Waals surface area contributed by atoms with Crippen LogP contribution >= 0.6 is 0 Å². The zero-order valence-corrected chi connectivity index (χ0v) is 16.8. The molecule has 0 saturated carbocycles. The summed E-state index contributed by atoms with van der Waals surface area (Å²) in [4.78, 5) is 13.2. The highest BCUT2D eigenvalue weighted by molar-refractivity contribution is 6.00. The molecule has 7 heteroatoms. The van der Waals surface area contributed by atoms with E-state index in [-0.39, 0.29) is 11.9 Å². The highest BCUT2D eigenvalue weighted by Gasteiger charge is 2.26. The lowest BCUT2D eigenvalue weighted by atomic mass is 10.00. The summed E-state index contributed by atoms with van der Waals surface area (Å²) in [7, 11) is 1.81. The number of aromatic nitrogens is 2. The quantitative estimate of drug-likeness (QED) is 0.722. The van der Waals surface area contributed by atoms with Crippen LogP contribution in [0.25, 0.3) is 11.3 Å². The Hall–Kier alpha value is -3.48. The second-order valence-electron chi connectivity index (χ2n) is 7.48. The number of hydrogen-bond acceptors (Lipinski definition) is 5. The molecule has 0 radical (unpaired) electrons. The summed E-state index contributed by atoms with van der Waals surface area (Å²) in [6.45, 7) is 1.81. The SMILES string of the molecule is Cn1cc(C(=O)N[C@H]2CCOc3ccccc32)c(-c2ccc3c(c2)OCCCO3)n1. The van der Waals surface area contributed by atoms with Gasteiger partial charge in [-0.05, 0) is 24.3 Å². The molecule has 1 N–H and O–H groups in total. The zero-order valence-electron chi connectivity index (χ0n) is 16.8. The molecule has 7 nitrogen and oxygen atoms in total. The van der Waals surface area contributed by atoms with E-state index in [1.54, 1.807) is 10.9 Å². The number of nitrogens with one attached hydrogen (secondary N) is 1. The number of fused-ring (bicyclic) bond motifs is 2. The third-order valence-electron chi connectivity index (χ3n) is 5.36. The number of hydrogen-bond donors (Lipinski definition) is 1. The highest BCUT2D eigenvalue weighted by atomic mass is 16.5. The van der Waals surface area contributed by atoms with Crippen molar-refractivity contribution in [2.45, 2.75) is 18.9 Å². The van der Waals surface area contributed by atoms with Gasteiger partial charge >= 0.3 is 0 Å². The first kappa shape index (κ1) is 18.5. The number of rotatable bonds is 3. The molecule has 2 aliphatic heterocycles. The molecule has 1 aromatic heterocycles. The van der Waals surface area contributed by atoms with Gasteiger partial charge in [-0.2, -0.15) is 5.10 Å². The predicted octanol–water partition coefficient (Wildman–Crippen LogP) is 3.50. The van der Waals surface area contributed by atoms with E-state index in [0.29, 0.717) is 36.8 Å². The Morgan fingerprint density at radius 2 is 1.83 bits per heavy atom.